The van der Waals surface area contributed by atoms with E-state index in [1.165, 1.54) is 0 Å². The monoisotopic (exact) mass is 260 g/mol. The highest BCUT2D eigenvalue weighted by molar-refractivity contribution is 6.69. The Kier molecular flexibility index (Phi) is 5.26. The van der Waals surface area contributed by atoms with Crippen molar-refractivity contribution >= 4 is 46.7 Å². The van der Waals surface area contributed by atoms with E-state index in [1.807, 2.05) is 0 Å². The molecule has 0 heterocycles. The molecule has 0 rings (SSSR count). The fourth-order valence-corrected chi connectivity index (χ4v) is 0.937. The first-order valence-electron chi connectivity index (χ1n) is 3.37. The van der Waals surface area contributed by atoms with Gasteiger partial charge in [-0.05, 0) is 6.08 Å². The average Bonchev–Trinajstić information content (AvgIpc) is 1.94. The lowest BCUT2D eigenvalue weighted by atomic mass is 10.3. The number of carboxylic acid groups (broad SMARTS) is 1. The molecule has 0 aromatic heterocycles. The molecule has 80 valence electrons. The molecule has 0 aliphatic carbocycles. The first-order chi connectivity index (χ1) is 6.22. The molecule has 0 unspecified atom stereocenters. The van der Waals surface area contributed by atoms with Gasteiger partial charge in [-0.15, -0.1) is 0 Å². The Morgan fingerprint density at radius 1 is 1.43 bits per heavy atom. The molecule has 0 aliphatic heterocycles. The number of halogens is 3. The molecule has 0 saturated carbocycles. The summed E-state index contributed by atoms with van der Waals surface area (Å²) in [6, 6.07) is 0. The maximum absolute atomic E-state index is 10.6. The maximum atomic E-state index is 10.6. The van der Waals surface area contributed by atoms with Gasteiger partial charge in [-0.2, -0.15) is 0 Å². The van der Waals surface area contributed by atoms with E-state index in [1.54, 1.807) is 0 Å². The average molecular weight is 261 g/mol. The summed E-state index contributed by atoms with van der Waals surface area (Å²) in [6.45, 7) is 0.716. The van der Waals surface area contributed by atoms with E-state index >= 15 is 0 Å². The van der Waals surface area contributed by atoms with Crippen molar-refractivity contribution in [3.8, 4) is 0 Å². The Bertz CT molecular complexity index is 267. The van der Waals surface area contributed by atoms with Crippen LogP contribution < -0.4 is 0 Å². The molecule has 0 saturated heterocycles. The van der Waals surface area contributed by atoms with Crippen molar-refractivity contribution in [1.82, 2.24) is 0 Å². The van der Waals surface area contributed by atoms with Gasteiger partial charge in [-0.25, -0.2) is 4.79 Å². The third-order valence-corrected chi connectivity index (χ3v) is 1.37. The topological polar surface area (TPSA) is 63.6 Å². The van der Waals surface area contributed by atoms with Crippen LogP contribution >= 0.6 is 34.8 Å². The number of alkyl halides is 3. The summed E-state index contributed by atoms with van der Waals surface area (Å²) in [4.78, 5) is 20.9. The summed E-state index contributed by atoms with van der Waals surface area (Å²) in [7, 11) is 0. The number of carboxylic acids is 1. The number of rotatable bonds is 3. The van der Waals surface area contributed by atoms with E-state index in [2.05, 4.69) is 4.74 Å². The molecule has 0 amide bonds. The zero-order valence-corrected chi connectivity index (χ0v) is 9.36. The third kappa shape index (κ3) is 7.00. The van der Waals surface area contributed by atoms with E-state index in [0.29, 0.717) is 0 Å². The number of ether oxygens (including phenoxy) is 1. The molecule has 0 bridgehead atoms. The van der Waals surface area contributed by atoms with Crippen molar-refractivity contribution in [2.24, 2.45) is 0 Å². The lowest BCUT2D eigenvalue weighted by Gasteiger charge is -2.07. The second-order valence-electron chi connectivity index (χ2n) is 2.30. The van der Waals surface area contributed by atoms with Crippen molar-refractivity contribution < 1.29 is 19.4 Å². The van der Waals surface area contributed by atoms with Gasteiger partial charge in [0.25, 0.3) is 0 Å². The van der Waals surface area contributed by atoms with Gasteiger partial charge in [0.2, 0.25) is 3.79 Å². The van der Waals surface area contributed by atoms with Crippen LogP contribution in [-0.4, -0.2) is 27.4 Å². The van der Waals surface area contributed by atoms with Crippen LogP contribution in [0.1, 0.15) is 6.92 Å². The van der Waals surface area contributed by atoms with Crippen LogP contribution in [0.4, 0.5) is 0 Å². The van der Waals surface area contributed by atoms with Gasteiger partial charge in [-0.1, -0.05) is 34.8 Å². The van der Waals surface area contributed by atoms with Crippen molar-refractivity contribution in [3.63, 3.8) is 0 Å². The summed E-state index contributed by atoms with van der Waals surface area (Å²) in [5.41, 5.74) is -0.291. The van der Waals surface area contributed by atoms with Crippen LogP contribution in [0, 0.1) is 0 Å². The van der Waals surface area contributed by atoms with E-state index in [0.717, 1.165) is 13.0 Å². The zero-order valence-electron chi connectivity index (χ0n) is 7.09. The summed E-state index contributed by atoms with van der Waals surface area (Å²) >= 11 is 16.0. The molecular formula is C7H7Cl3O4. The van der Waals surface area contributed by atoms with Gasteiger partial charge in [0.1, 0.15) is 6.61 Å². The molecule has 14 heavy (non-hydrogen) atoms. The first kappa shape index (κ1) is 13.5. The molecule has 0 spiro atoms. The van der Waals surface area contributed by atoms with Gasteiger partial charge in [-0.3, -0.25) is 4.79 Å². The van der Waals surface area contributed by atoms with Gasteiger partial charge >= 0.3 is 11.9 Å². The lowest BCUT2D eigenvalue weighted by molar-refractivity contribution is -0.141. The fraction of sp³-hybridized carbons (Fsp3) is 0.429. The number of esters is 1. The Labute approximate surface area is 95.4 Å². The Morgan fingerprint density at radius 2 is 1.93 bits per heavy atom. The molecular weight excluding hydrogens is 254 g/mol. The van der Waals surface area contributed by atoms with Crippen molar-refractivity contribution in [2.45, 2.75) is 10.7 Å². The Hall–Kier alpha value is -0.450. The number of allylic oxidation sites excluding steroid dienone is 1. The second kappa shape index (κ2) is 5.44. The highest BCUT2D eigenvalue weighted by Crippen LogP contribution is 2.28. The van der Waals surface area contributed by atoms with Crippen molar-refractivity contribution in [3.05, 3.63) is 11.6 Å². The molecule has 0 aliphatic rings. The minimum Gasteiger partial charge on any atom is -0.478 e. The highest BCUT2D eigenvalue weighted by atomic mass is 35.6. The van der Waals surface area contributed by atoms with E-state index in [4.69, 9.17) is 39.9 Å². The molecule has 0 fully saturated rings. The summed E-state index contributed by atoms with van der Waals surface area (Å²) in [5.74, 6) is -1.92. The van der Waals surface area contributed by atoms with Gasteiger partial charge in [0.05, 0.1) is 5.57 Å². The van der Waals surface area contributed by atoms with E-state index < -0.39 is 22.3 Å². The molecule has 0 radical (unpaired) electrons. The van der Waals surface area contributed by atoms with Gasteiger partial charge in [0, 0.05) is 6.92 Å². The maximum Gasteiger partial charge on any atom is 0.334 e. The number of carbonyl (C=O) groups is 2. The van der Waals surface area contributed by atoms with Crippen molar-refractivity contribution in [1.29, 1.82) is 0 Å². The molecule has 7 heteroatoms. The van der Waals surface area contributed by atoms with Gasteiger partial charge in [0.15, 0.2) is 0 Å². The smallest absolute Gasteiger partial charge is 0.334 e. The quantitative estimate of drug-likeness (QED) is 0.479. The first-order valence-corrected chi connectivity index (χ1v) is 4.51. The minimum atomic E-state index is -1.83. The molecule has 0 aromatic carbocycles. The van der Waals surface area contributed by atoms with Crippen LogP contribution in [0.5, 0.6) is 0 Å². The van der Waals surface area contributed by atoms with Crippen LogP contribution in [-0.2, 0) is 14.3 Å². The fourth-order valence-electron chi connectivity index (χ4n) is 0.542. The second-order valence-corrected chi connectivity index (χ2v) is 4.67. The van der Waals surface area contributed by atoms with E-state index in [-0.39, 0.29) is 5.57 Å². The zero-order chi connectivity index (χ0) is 11.4. The number of hydrogen-bond donors (Lipinski definition) is 1. The lowest BCUT2D eigenvalue weighted by Crippen LogP contribution is -2.13. The number of hydrogen-bond acceptors (Lipinski definition) is 3. The Morgan fingerprint density at radius 3 is 2.21 bits per heavy atom. The molecule has 1 N–H and O–H groups in total. The molecule has 0 aromatic rings. The van der Waals surface area contributed by atoms with Crippen LogP contribution in [0.3, 0.4) is 0 Å². The van der Waals surface area contributed by atoms with Crippen molar-refractivity contribution in [2.75, 3.05) is 6.61 Å². The SMILES string of the molecule is CC(=O)OCC(=CC(Cl)(Cl)Cl)C(=O)O. The predicted molar refractivity (Wildman–Crippen MR) is 52.6 cm³/mol. The molecule has 4 nitrogen and oxygen atoms in total. The van der Waals surface area contributed by atoms with Crippen LogP contribution in [0.15, 0.2) is 11.6 Å². The highest BCUT2D eigenvalue weighted by Gasteiger charge is 2.20. The van der Waals surface area contributed by atoms with Crippen LogP contribution in [0.2, 0.25) is 0 Å². The summed E-state index contributed by atoms with van der Waals surface area (Å²) < 4.78 is 2.62. The number of aliphatic carboxylic acids is 1. The predicted octanol–water partition coefficient (Wildman–Crippen LogP) is 1.93. The third-order valence-electron chi connectivity index (χ3n) is 1.04. The summed E-state index contributed by atoms with van der Waals surface area (Å²) in [6.07, 6.45) is 0.878. The minimum absolute atomic E-state index is 0.291. The number of carbonyl (C=O) groups excluding carboxylic acids is 1. The Balaban J connectivity index is 4.54. The van der Waals surface area contributed by atoms with Crippen LogP contribution in [0.25, 0.3) is 0 Å². The van der Waals surface area contributed by atoms with Gasteiger partial charge < -0.3 is 9.84 Å². The van der Waals surface area contributed by atoms with E-state index in [9.17, 15) is 9.59 Å². The molecule has 0 atom stereocenters. The standard InChI is InChI=1S/C7H7Cl3O4/c1-4(11)14-3-5(6(12)13)2-7(8,9)10/h2H,3H2,1H3,(H,12,13). The largest absolute Gasteiger partial charge is 0.478 e. The normalized spacial score (nSPS) is 12.4. The summed E-state index contributed by atoms with van der Waals surface area (Å²) in [5, 5.41) is 8.61.